The molecule has 6 nitrogen and oxygen atoms in total. The second-order valence-corrected chi connectivity index (χ2v) is 7.67. The molecule has 9 heteroatoms. The maximum atomic E-state index is 13.0. The van der Waals surface area contributed by atoms with Crippen molar-refractivity contribution < 1.29 is 26.9 Å². The van der Waals surface area contributed by atoms with Gasteiger partial charge in [-0.25, -0.2) is 0 Å². The number of hydrogen-bond donors (Lipinski definition) is 2. The highest BCUT2D eigenvalue weighted by molar-refractivity contribution is 6.03. The Labute approximate surface area is 176 Å². The second-order valence-electron chi connectivity index (χ2n) is 7.67. The standard InChI is InChI=1S/C22H22F3N3O3/c23-22(24,25)14-7-5-6-13(12-14)16-10-11-17(30-16)19-18(20(26)31-28-19)21(29)27-15-8-3-1-2-4-9-15/h5-7,10-12,15H,1-4,8-9,26H2,(H,27,29). The first-order chi connectivity index (χ1) is 14.8. The van der Waals surface area contributed by atoms with Gasteiger partial charge in [-0.1, -0.05) is 43.0 Å². The highest BCUT2D eigenvalue weighted by Gasteiger charge is 2.31. The van der Waals surface area contributed by atoms with Crippen molar-refractivity contribution in [3.63, 3.8) is 0 Å². The van der Waals surface area contributed by atoms with Crippen LogP contribution in [0.3, 0.4) is 0 Å². The normalized spacial score (nSPS) is 15.6. The van der Waals surface area contributed by atoms with Crippen LogP contribution in [0, 0.1) is 0 Å². The van der Waals surface area contributed by atoms with Crippen molar-refractivity contribution in [3.05, 3.63) is 47.5 Å². The van der Waals surface area contributed by atoms with Crippen LogP contribution in [-0.2, 0) is 6.18 Å². The number of carbonyl (C=O) groups is 1. The first-order valence-electron chi connectivity index (χ1n) is 10.2. The minimum atomic E-state index is -4.46. The van der Waals surface area contributed by atoms with Gasteiger partial charge < -0.3 is 20.0 Å². The van der Waals surface area contributed by atoms with E-state index in [1.807, 2.05) is 0 Å². The monoisotopic (exact) mass is 433 g/mol. The predicted molar refractivity (Wildman–Crippen MR) is 108 cm³/mol. The summed E-state index contributed by atoms with van der Waals surface area (Å²) in [5.74, 6) is -0.160. The van der Waals surface area contributed by atoms with Crippen LogP contribution in [0.4, 0.5) is 19.1 Å². The fraction of sp³-hybridized carbons (Fsp3) is 0.364. The molecule has 2 heterocycles. The number of benzene rings is 1. The number of nitrogens with two attached hydrogens (primary N) is 1. The number of nitrogens with zero attached hydrogens (tertiary/aromatic N) is 1. The Balaban J connectivity index is 1.59. The molecule has 2 aromatic heterocycles. The molecule has 0 bridgehead atoms. The molecular formula is C22H22F3N3O3. The van der Waals surface area contributed by atoms with E-state index in [1.54, 1.807) is 0 Å². The summed E-state index contributed by atoms with van der Waals surface area (Å²) >= 11 is 0. The van der Waals surface area contributed by atoms with Crippen molar-refractivity contribution in [1.29, 1.82) is 0 Å². The summed E-state index contributed by atoms with van der Waals surface area (Å²) in [5, 5.41) is 6.84. The Hall–Kier alpha value is -3.23. The van der Waals surface area contributed by atoms with Crippen molar-refractivity contribution in [2.24, 2.45) is 0 Å². The van der Waals surface area contributed by atoms with Gasteiger partial charge in [-0.3, -0.25) is 4.79 Å². The van der Waals surface area contributed by atoms with E-state index in [9.17, 15) is 18.0 Å². The molecule has 1 fully saturated rings. The molecule has 1 aliphatic carbocycles. The molecule has 1 saturated carbocycles. The Morgan fingerprint density at radius 3 is 2.48 bits per heavy atom. The average Bonchev–Trinajstić information content (AvgIpc) is 3.28. The number of aromatic nitrogens is 1. The van der Waals surface area contributed by atoms with Gasteiger partial charge in [0.15, 0.2) is 11.5 Å². The van der Waals surface area contributed by atoms with Crippen LogP contribution in [0.1, 0.15) is 54.4 Å². The summed E-state index contributed by atoms with van der Waals surface area (Å²) in [6.07, 6.45) is 1.73. The molecule has 4 rings (SSSR count). The van der Waals surface area contributed by atoms with E-state index in [1.165, 1.54) is 24.3 Å². The zero-order valence-electron chi connectivity index (χ0n) is 16.7. The number of anilines is 1. The largest absolute Gasteiger partial charge is 0.454 e. The summed E-state index contributed by atoms with van der Waals surface area (Å²) in [7, 11) is 0. The van der Waals surface area contributed by atoms with Gasteiger partial charge in [-0.15, -0.1) is 0 Å². The van der Waals surface area contributed by atoms with E-state index in [-0.39, 0.29) is 40.3 Å². The molecule has 0 aliphatic heterocycles. The van der Waals surface area contributed by atoms with Crippen molar-refractivity contribution in [2.75, 3.05) is 5.73 Å². The third-order valence-corrected chi connectivity index (χ3v) is 5.45. The van der Waals surface area contributed by atoms with Gasteiger partial charge in [0.1, 0.15) is 11.3 Å². The van der Waals surface area contributed by atoms with Gasteiger partial charge in [0.05, 0.1) is 5.56 Å². The third kappa shape index (κ3) is 4.60. The van der Waals surface area contributed by atoms with E-state index < -0.39 is 17.6 Å². The summed E-state index contributed by atoms with van der Waals surface area (Å²) in [6.45, 7) is 0. The van der Waals surface area contributed by atoms with Crippen molar-refractivity contribution in [2.45, 2.75) is 50.7 Å². The first kappa shape index (κ1) is 21.0. The summed E-state index contributed by atoms with van der Waals surface area (Å²) in [5.41, 5.74) is 5.49. The number of rotatable bonds is 4. The number of amides is 1. The smallest absolute Gasteiger partial charge is 0.416 e. The van der Waals surface area contributed by atoms with Gasteiger partial charge in [-0.05, 0) is 37.1 Å². The minimum Gasteiger partial charge on any atom is -0.454 e. The number of nitrogens with one attached hydrogen (secondary N) is 1. The molecule has 1 amide bonds. The number of halogens is 3. The van der Waals surface area contributed by atoms with E-state index in [2.05, 4.69) is 10.5 Å². The van der Waals surface area contributed by atoms with Crippen LogP contribution in [0.2, 0.25) is 0 Å². The van der Waals surface area contributed by atoms with Gasteiger partial charge in [0, 0.05) is 11.6 Å². The lowest BCUT2D eigenvalue weighted by molar-refractivity contribution is -0.137. The lowest BCUT2D eigenvalue weighted by Crippen LogP contribution is -2.34. The van der Waals surface area contributed by atoms with Crippen LogP contribution in [0.5, 0.6) is 0 Å². The molecule has 0 unspecified atom stereocenters. The SMILES string of the molecule is Nc1onc(-c2ccc(-c3cccc(C(F)(F)F)c3)o2)c1C(=O)NC1CCCCCC1. The summed E-state index contributed by atoms with van der Waals surface area (Å²) in [4.78, 5) is 12.9. The molecule has 0 atom stereocenters. The van der Waals surface area contributed by atoms with Crippen LogP contribution in [-0.4, -0.2) is 17.1 Å². The Bertz CT molecular complexity index is 1060. The van der Waals surface area contributed by atoms with Crippen molar-refractivity contribution in [3.8, 4) is 22.8 Å². The molecule has 164 valence electrons. The summed E-state index contributed by atoms with van der Waals surface area (Å²) in [6, 6.07) is 7.89. The molecular weight excluding hydrogens is 411 g/mol. The predicted octanol–water partition coefficient (Wildman–Crippen LogP) is 5.66. The highest BCUT2D eigenvalue weighted by Crippen LogP contribution is 2.35. The Morgan fingerprint density at radius 2 is 1.77 bits per heavy atom. The molecule has 1 aliphatic rings. The molecule has 0 radical (unpaired) electrons. The maximum Gasteiger partial charge on any atom is 0.416 e. The molecule has 0 saturated heterocycles. The zero-order chi connectivity index (χ0) is 22.0. The van der Waals surface area contributed by atoms with E-state index in [0.29, 0.717) is 0 Å². The first-order valence-corrected chi connectivity index (χ1v) is 10.2. The molecule has 1 aromatic carbocycles. The quantitative estimate of drug-likeness (QED) is 0.518. The Morgan fingerprint density at radius 1 is 1.06 bits per heavy atom. The van der Waals surface area contributed by atoms with Crippen molar-refractivity contribution in [1.82, 2.24) is 10.5 Å². The number of alkyl halides is 3. The highest BCUT2D eigenvalue weighted by atomic mass is 19.4. The third-order valence-electron chi connectivity index (χ3n) is 5.45. The lowest BCUT2D eigenvalue weighted by Gasteiger charge is -2.15. The molecule has 0 spiro atoms. The van der Waals surface area contributed by atoms with Crippen LogP contribution < -0.4 is 11.1 Å². The van der Waals surface area contributed by atoms with Gasteiger partial charge in [0.2, 0.25) is 5.88 Å². The second kappa shape index (κ2) is 8.49. The Kier molecular flexibility index (Phi) is 5.75. The van der Waals surface area contributed by atoms with Crippen LogP contribution >= 0.6 is 0 Å². The van der Waals surface area contributed by atoms with E-state index in [0.717, 1.165) is 50.7 Å². The van der Waals surface area contributed by atoms with E-state index in [4.69, 9.17) is 14.7 Å². The molecule has 3 aromatic rings. The fourth-order valence-electron chi connectivity index (χ4n) is 3.84. The van der Waals surface area contributed by atoms with Crippen molar-refractivity contribution >= 4 is 11.8 Å². The molecule has 3 N–H and O–H groups in total. The zero-order valence-corrected chi connectivity index (χ0v) is 16.7. The lowest BCUT2D eigenvalue weighted by atomic mass is 10.1. The number of carbonyl (C=O) groups excluding carboxylic acids is 1. The van der Waals surface area contributed by atoms with Gasteiger partial charge >= 0.3 is 6.18 Å². The fourth-order valence-corrected chi connectivity index (χ4v) is 3.84. The van der Waals surface area contributed by atoms with Gasteiger partial charge in [-0.2, -0.15) is 13.2 Å². The van der Waals surface area contributed by atoms with Crippen LogP contribution in [0.25, 0.3) is 22.8 Å². The minimum absolute atomic E-state index is 0.0504. The number of furan rings is 1. The van der Waals surface area contributed by atoms with Crippen LogP contribution in [0.15, 0.2) is 45.3 Å². The topological polar surface area (TPSA) is 94.3 Å². The molecule has 31 heavy (non-hydrogen) atoms. The van der Waals surface area contributed by atoms with E-state index >= 15 is 0 Å². The summed E-state index contributed by atoms with van der Waals surface area (Å²) < 4.78 is 49.7. The average molecular weight is 433 g/mol. The maximum absolute atomic E-state index is 13.0. The number of nitrogen functional groups attached to an aromatic ring is 1. The van der Waals surface area contributed by atoms with Gasteiger partial charge in [0.25, 0.3) is 5.91 Å². The number of hydrogen-bond acceptors (Lipinski definition) is 5.